The number of aromatic nitrogens is 5. The molecule has 7 nitrogen and oxygen atoms in total. The van der Waals surface area contributed by atoms with Gasteiger partial charge in [-0.15, -0.1) is 0 Å². The van der Waals surface area contributed by atoms with Crippen molar-refractivity contribution in [1.29, 1.82) is 0 Å². The van der Waals surface area contributed by atoms with Crippen molar-refractivity contribution < 1.29 is 4.42 Å². The fraction of sp³-hybridized carbons (Fsp3) is 0. The minimum absolute atomic E-state index is 0.158. The maximum atomic E-state index is 12.3. The minimum Gasteiger partial charge on any atom is -0.452 e. The van der Waals surface area contributed by atoms with E-state index in [0.29, 0.717) is 28.1 Å². The lowest BCUT2D eigenvalue weighted by Gasteiger charge is -2.05. The number of H-pyrrole nitrogens is 1. The molecule has 4 aromatic rings. The Morgan fingerprint density at radius 1 is 1.09 bits per heavy atom. The van der Waals surface area contributed by atoms with Crippen molar-refractivity contribution in [3.63, 3.8) is 0 Å². The van der Waals surface area contributed by atoms with Crippen LogP contribution in [0, 0.1) is 0 Å². The average Bonchev–Trinajstić information content (AvgIpc) is 3.09. The van der Waals surface area contributed by atoms with Crippen LogP contribution in [0.5, 0.6) is 0 Å². The Balaban J connectivity index is 2.04. The number of rotatable bonds is 2. The second-order valence-corrected chi connectivity index (χ2v) is 4.59. The predicted molar refractivity (Wildman–Crippen MR) is 78.9 cm³/mol. The summed E-state index contributed by atoms with van der Waals surface area (Å²) in [6, 6.07) is 3.04. The minimum atomic E-state index is -0.158. The lowest BCUT2D eigenvalue weighted by molar-refractivity contribution is 0.615. The number of nitrogens with one attached hydrogen (secondary N) is 1. The van der Waals surface area contributed by atoms with Crippen molar-refractivity contribution in [3.05, 3.63) is 59.5 Å². The quantitative estimate of drug-likeness (QED) is 0.607. The summed E-state index contributed by atoms with van der Waals surface area (Å²) in [6.45, 7) is 0. The zero-order chi connectivity index (χ0) is 14.9. The molecule has 0 spiro atoms. The zero-order valence-corrected chi connectivity index (χ0v) is 11.2. The van der Waals surface area contributed by atoms with Crippen molar-refractivity contribution in [2.75, 3.05) is 0 Å². The number of hydrogen-bond donors (Lipinski definition) is 1. The summed E-state index contributed by atoms with van der Waals surface area (Å²) in [5.41, 5.74) is 2.02. The molecule has 0 amide bonds. The maximum absolute atomic E-state index is 12.3. The van der Waals surface area contributed by atoms with Crippen molar-refractivity contribution in [2.24, 2.45) is 0 Å². The zero-order valence-electron chi connectivity index (χ0n) is 11.2. The molecule has 106 valence electrons. The first-order chi connectivity index (χ1) is 10.8. The van der Waals surface area contributed by atoms with Gasteiger partial charge in [-0.1, -0.05) is 0 Å². The first-order valence-corrected chi connectivity index (χ1v) is 6.51. The highest BCUT2D eigenvalue weighted by Crippen LogP contribution is 2.27. The lowest BCUT2D eigenvalue weighted by atomic mass is 10.1. The van der Waals surface area contributed by atoms with Crippen molar-refractivity contribution in [2.45, 2.75) is 0 Å². The first kappa shape index (κ1) is 12.4. The molecule has 0 aromatic carbocycles. The van der Waals surface area contributed by atoms with E-state index >= 15 is 0 Å². The van der Waals surface area contributed by atoms with Gasteiger partial charge < -0.3 is 4.42 Å². The Morgan fingerprint density at radius 2 is 2.05 bits per heavy atom. The Kier molecular flexibility index (Phi) is 2.75. The van der Waals surface area contributed by atoms with E-state index in [0.717, 1.165) is 5.56 Å². The molecule has 1 N–H and O–H groups in total. The summed E-state index contributed by atoms with van der Waals surface area (Å²) in [4.78, 5) is 24.8. The summed E-state index contributed by atoms with van der Waals surface area (Å²) in [5.74, 6) is 0.350. The molecule has 0 unspecified atom stereocenters. The van der Waals surface area contributed by atoms with Crippen LogP contribution in [0.1, 0.15) is 0 Å². The molecule has 0 saturated carbocycles. The molecule has 0 aliphatic rings. The maximum Gasteiger partial charge on any atom is 0.193 e. The van der Waals surface area contributed by atoms with E-state index < -0.39 is 0 Å². The van der Waals surface area contributed by atoms with Crippen LogP contribution < -0.4 is 5.43 Å². The number of hydrogen-bond acceptors (Lipinski definition) is 6. The van der Waals surface area contributed by atoms with E-state index in [1.54, 1.807) is 37.1 Å². The monoisotopic (exact) mass is 291 g/mol. The Bertz CT molecular complexity index is 994. The van der Waals surface area contributed by atoms with Gasteiger partial charge in [0.1, 0.15) is 11.4 Å². The summed E-state index contributed by atoms with van der Waals surface area (Å²) in [5, 5.41) is 7.08. The highest BCUT2D eigenvalue weighted by Gasteiger charge is 2.14. The first-order valence-electron chi connectivity index (χ1n) is 6.51. The van der Waals surface area contributed by atoms with Crippen LogP contribution in [-0.4, -0.2) is 25.1 Å². The van der Waals surface area contributed by atoms with Crippen LogP contribution >= 0.6 is 0 Å². The SMILES string of the molecule is O=c1cc(-c2cnccn2)oc2c(-c3cn[nH]c3)nccc12. The van der Waals surface area contributed by atoms with Gasteiger partial charge in [-0.25, -0.2) is 4.98 Å². The van der Waals surface area contributed by atoms with Crippen LogP contribution in [0.3, 0.4) is 0 Å². The van der Waals surface area contributed by atoms with E-state index in [-0.39, 0.29) is 5.43 Å². The molecule has 0 saturated heterocycles. The highest BCUT2D eigenvalue weighted by molar-refractivity contribution is 5.89. The Hall–Kier alpha value is -3.35. The Labute approximate surface area is 123 Å². The van der Waals surface area contributed by atoms with Gasteiger partial charge in [0.05, 0.1) is 17.8 Å². The van der Waals surface area contributed by atoms with Crippen LogP contribution in [-0.2, 0) is 0 Å². The molecule has 0 radical (unpaired) electrons. The second kappa shape index (κ2) is 4.88. The number of nitrogens with zero attached hydrogens (tertiary/aromatic N) is 4. The van der Waals surface area contributed by atoms with Gasteiger partial charge in [0, 0.05) is 36.4 Å². The van der Waals surface area contributed by atoms with Crippen LogP contribution in [0.25, 0.3) is 33.7 Å². The molecular formula is C15H9N5O2. The third kappa shape index (κ3) is 1.96. The van der Waals surface area contributed by atoms with Gasteiger partial charge in [0.25, 0.3) is 0 Å². The second-order valence-electron chi connectivity index (χ2n) is 4.59. The van der Waals surface area contributed by atoms with Gasteiger partial charge in [-0.3, -0.25) is 19.9 Å². The molecular weight excluding hydrogens is 282 g/mol. The third-order valence-corrected chi connectivity index (χ3v) is 3.23. The third-order valence-electron chi connectivity index (χ3n) is 3.23. The standard InChI is InChI=1S/C15H9N5O2/c21-12-5-13(11-8-16-3-4-17-11)22-15-10(12)1-2-18-14(15)9-6-19-20-7-9/h1-8H,(H,19,20). The predicted octanol–water partition coefficient (Wildman–Crippen LogP) is 2.04. The van der Waals surface area contributed by atoms with Gasteiger partial charge in [-0.2, -0.15) is 5.10 Å². The molecule has 4 heterocycles. The van der Waals surface area contributed by atoms with Crippen molar-refractivity contribution >= 4 is 11.0 Å². The number of pyridine rings is 1. The van der Waals surface area contributed by atoms with Gasteiger partial charge in [-0.05, 0) is 6.07 Å². The average molecular weight is 291 g/mol. The van der Waals surface area contributed by atoms with Gasteiger partial charge in [0.15, 0.2) is 16.8 Å². The van der Waals surface area contributed by atoms with E-state index in [4.69, 9.17) is 4.42 Å². The highest BCUT2D eigenvalue weighted by atomic mass is 16.3. The van der Waals surface area contributed by atoms with Gasteiger partial charge >= 0.3 is 0 Å². The summed E-state index contributed by atoms with van der Waals surface area (Å²) in [7, 11) is 0. The molecule has 0 fully saturated rings. The fourth-order valence-corrected chi connectivity index (χ4v) is 2.22. The topological polar surface area (TPSA) is 97.6 Å². The van der Waals surface area contributed by atoms with E-state index in [1.165, 1.54) is 12.3 Å². The molecule has 4 rings (SSSR count). The van der Waals surface area contributed by atoms with Crippen LogP contribution in [0.15, 0.2) is 58.5 Å². The molecule has 0 atom stereocenters. The van der Waals surface area contributed by atoms with E-state index in [9.17, 15) is 4.79 Å². The molecule has 4 aromatic heterocycles. The molecule has 0 aliphatic heterocycles. The normalized spacial score (nSPS) is 10.9. The summed E-state index contributed by atoms with van der Waals surface area (Å²) in [6.07, 6.45) is 9.52. The Morgan fingerprint density at radius 3 is 2.82 bits per heavy atom. The van der Waals surface area contributed by atoms with Crippen molar-refractivity contribution in [3.8, 4) is 22.7 Å². The molecule has 7 heteroatoms. The van der Waals surface area contributed by atoms with Gasteiger partial charge in [0.2, 0.25) is 0 Å². The van der Waals surface area contributed by atoms with Crippen LogP contribution in [0.4, 0.5) is 0 Å². The molecule has 0 bridgehead atoms. The summed E-state index contributed by atoms with van der Waals surface area (Å²) < 4.78 is 5.88. The smallest absolute Gasteiger partial charge is 0.193 e. The number of aromatic amines is 1. The van der Waals surface area contributed by atoms with Crippen molar-refractivity contribution in [1.82, 2.24) is 25.1 Å². The van der Waals surface area contributed by atoms with Crippen LogP contribution in [0.2, 0.25) is 0 Å². The summed E-state index contributed by atoms with van der Waals surface area (Å²) >= 11 is 0. The largest absolute Gasteiger partial charge is 0.452 e. The number of fused-ring (bicyclic) bond motifs is 1. The molecule has 0 aliphatic carbocycles. The lowest BCUT2D eigenvalue weighted by Crippen LogP contribution is -2.02. The van der Waals surface area contributed by atoms with E-state index in [1.807, 2.05) is 0 Å². The molecule has 22 heavy (non-hydrogen) atoms. The fourth-order valence-electron chi connectivity index (χ4n) is 2.22. The van der Waals surface area contributed by atoms with E-state index in [2.05, 4.69) is 25.1 Å².